The van der Waals surface area contributed by atoms with Crippen molar-refractivity contribution in [2.45, 2.75) is 41.5 Å². The van der Waals surface area contributed by atoms with E-state index in [1.54, 1.807) is 13.8 Å². The topological polar surface area (TPSA) is 52.6 Å². The summed E-state index contributed by atoms with van der Waals surface area (Å²) in [5.41, 5.74) is 0.766. The highest BCUT2D eigenvalue weighted by Gasteiger charge is 2.03. The molecule has 4 nitrogen and oxygen atoms in total. The fourth-order valence-electron chi connectivity index (χ4n) is 0.780. The van der Waals surface area contributed by atoms with Crippen molar-refractivity contribution in [2.24, 2.45) is 0 Å². The summed E-state index contributed by atoms with van der Waals surface area (Å²) in [5.74, 6) is -0.780. The van der Waals surface area contributed by atoms with E-state index in [4.69, 9.17) is 9.47 Å². The zero-order chi connectivity index (χ0) is 12.6. The summed E-state index contributed by atoms with van der Waals surface area (Å²) in [6.45, 7) is 10.7. The van der Waals surface area contributed by atoms with Crippen LogP contribution in [0.15, 0.2) is 24.3 Å². The van der Waals surface area contributed by atoms with Crippen LogP contribution < -0.4 is 0 Å². The van der Waals surface area contributed by atoms with E-state index in [2.05, 4.69) is 13.2 Å². The zero-order valence-corrected chi connectivity index (χ0v) is 9.88. The number of unbranched alkanes of at least 4 members (excludes halogenated alkanes) is 1. The molecule has 0 unspecified atom stereocenters. The molecule has 0 bridgehead atoms. The Bertz CT molecular complexity index is 262. The SMILES string of the molecule is C.C.C=C(C)C(=O)OCCCCOC(=O)C(=C)C. The molecule has 0 fully saturated rings. The van der Waals surface area contributed by atoms with Crippen LogP contribution in [0.25, 0.3) is 0 Å². The molecule has 0 aliphatic carbocycles. The molecule has 0 aliphatic rings. The molecule has 0 aromatic rings. The molecule has 18 heavy (non-hydrogen) atoms. The molecule has 0 saturated heterocycles. The Kier molecular flexibility index (Phi) is 14.3. The van der Waals surface area contributed by atoms with Gasteiger partial charge in [0.05, 0.1) is 13.2 Å². The molecular weight excluding hydrogens is 232 g/mol. The van der Waals surface area contributed by atoms with E-state index in [9.17, 15) is 9.59 Å². The van der Waals surface area contributed by atoms with E-state index in [0.717, 1.165) is 0 Å². The van der Waals surface area contributed by atoms with Crippen molar-refractivity contribution < 1.29 is 19.1 Å². The third-order valence-electron chi connectivity index (χ3n) is 1.70. The normalized spacial score (nSPS) is 8.33. The zero-order valence-electron chi connectivity index (χ0n) is 9.88. The Morgan fingerprint density at radius 2 is 1.11 bits per heavy atom. The molecule has 0 heterocycles. The first kappa shape index (κ1) is 21.7. The van der Waals surface area contributed by atoms with E-state index in [0.29, 0.717) is 37.2 Å². The predicted octanol–water partition coefficient (Wildman–Crippen LogP) is 3.28. The number of ether oxygens (including phenoxy) is 2. The highest BCUT2D eigenvalue weighted by atomic mass is 16.5. The molecule has 0 saturated carbocycles. The van der Waals surface area contributed by atoms with Crippen molar-refractivity contribution >= 4 is 11.9 Å². The number of carbonyl (C=O) groups is 2. The summed E-state index contributed by atoms with van der Waals surface area (Å²) in [6.07, 6.45) is 1.31. The average molecular weight is 258 g/mol. The van der Waals surface area contributed by atoms with Gasteiger partial charge in [0.25, 0.3) is 0 Å². The molecule has 106 valence electrons. The van der Waals surface area contributed by atoms with Crippen molar-refractivity contribution in [1.29, 1.82) is 0 Å². The Morgan fingerprint density at radius 1 is 0.833 bits per heavy atom. The first-order valence-corrected chi connectivity index (χ1v) is 5.10. The quantitative estimate of drug-likeness (QED) is 0.399. The Hall–Kier alpha value is -1.58. The van der Waals surface area contributed by atoms with Gasteiger partial charge < -0.3 is 9.47 Å². The van der Waals surface area contributed by atoms with Crippen LogP contribution in [0.1, 0.15) is 41.5 Å². The monoisotopic (exact) mass is 258 g/mol. The molecule has 0 spiro atoms. The van der Waals surface area contributed by atoms with E-state index >= 15 is 0 Å². The standard InChI is InChI=1S/C12H18O4.2CH4/c1-9(2)11(13)15-7-5-6-8-16-12(14)10(3)4;;/h1,3,5-8H2,2,4H3;2*1H4. The fourth-order valence-corrected chi connectivity index (χ4v) is 0.780. The van der Waals surface area contributed by atoms with Crippen LogP contribution >= 0.6 is 0 Å². The van der Waals surface area contributed by atoms with Crippen molar-refractivity contribution in [3.05, 3.63) is 24.3 Å². The van der Waals surface area contributed by atoms with Crippen molar-refractivity contribution in [2.75, 3.05) is 13.2 Å². The smallest absolute Gasteiger partial charge is 0.333 e. The fraction of sp³-hybridized carbons (Fsp3) is 0.571. The van der Waals surface area contributed by atoms with Crippen LogP contribution in [0.2, 0.25) is 0 Å². The minimum atomic E-state index is -0.390. The van der Waals surface area contributed by atoms with Crippen LogP contribution in [-0.2, 0) is 19.1 Å². The molecule has 0 N–H and O–H groups in total. The highest BCUT2D eigenvalue weighted by Crippen LogP contribution is 1.98. The van der Waals surface area contributed by atoms with Crippen molar-refractivity contribution in [3.8, 4) is 0 Å². The van der Waals surface area contributed by atoms with Gasteiger partial charge >= 0.3 is 11.9 Å². The summed E-state index contributed by atoms with van der Waals surface area (Å²) < 4.78 is 9.72. The van der Waals surface area contributed by atoms with Crippen LogP contribution in [-0.4, -0.2) is 25.2 Å². The molecule has 0 aliphatic heterocycles. The van der Waals surface area contributed by atoms with Gasteiger partial charge in [-0.05, 0) is 26.7 Å². The van der Waals surface area contributed by atoms with E-state index in [1.807, 2.05) is 0 Å². The van der Waals surface area contributed by atoms with Crippen molar-refractivity contribution in [3.63, 3.8) is 0 Å². The van der Waals surface area contributed by atoms with E-state index in [1.165, 1.54) is 0 Å². The van der Waals surface area contributed by atoms with Gasteiger partial charge in [0.2, 0.25) is 0 Å². The molecule has 4 heteroatoms. The summed E-state index contributed by atoms with van der Waals surface area (Å²) >= 11 is 0. The maximum atomic E-state index is 11.0. The van der Waals surface area contributed by atoms with Gasteiger partial charge in [0, 0.05) is 11.1 Å². The van der Waals surface area contributed by atoms with Crippen LogP contribution in [0, 0.1) is 0 Å². The van der Waals surface area contributed by atoms with Crippen LogP contribution in [0.5, 0.6) is 0 Å². The van der Waals surface area contributed by atoms with Gasteiger partial charge in [-0.1, -0.05) is 28.0 Å². The largest absolute Gasteiger partial charge is 0.462 e. The minimum absolute atomic E-state index is 0. The summed E-state index contributed by atoms with van der Waals surface area (Å²) in [5, 5.41) is 0. The number of hydrogen-bond donors (Lipinski definition) is 0. The van der Waals surface area contributed by atoms with Crippen LogP contribution in [0.4, 0.5) is 0 Å². The molecule has 0 rings (SSSR count). The maximum Gasteiger partial charge on any atom is 0.333 e. The number of hydrogen-bond acceptors (Lipinski definition) is 4. The first-order valence-electron chi connectivity index (χ1n) is 5.10. The van der Waals surface area contributed by atoms with Gasteiger partial charge in [-0.2, -0.15) is 0 Å². The molecule has 0 aromatic heterocycles. The third-order valence-corrected chi connectivity index (χ3v) is 1.70. The lowest BCUT2D eigenvalue weighted by atomic mass is 10.3. The molecule has 0 aromatic carbocycles. The second-order valence-corrected chi connectivity index (χ2v) is 3.54. The maximum absolute atomic E-state index is 11.0. The molecule has 0 radical (unpaired) electrons. The van der Waals surface area contributed by atoms with Gasteiger partial charge in [0.1, 0.15) is 0 Å². The summed E-state index contributed by atoms with van der Waals surface area (Å²) in [7, 11) is 0. The van der Waals surface area contributed by atoms with Gasteiger partial charge in [0.15, 0.2) is 0 Å². The lowest BCUT2D eigenvalue weighted by molar-refractivity contribution is -0.141. The van der Waals surface area contributed by atoms with Gasteiger partial charge in [-0.15, -0.1) is 0 Å². The van der Waals surface area contributed by atoms with Gasteiger partial charge in [-0.25, -0.2) is 9.59 Å². The number of rotatable bonds is 7. The lowest BCUT2D eigenvalue weighted by Gasteiger charge is -2.05. The van der Waals surface area contributed by atoms with Crippen LogP contribution in [0.3, 0.4) is 0 Å². The van der Waals surface area contributed by atoms with E-state index < -0.39 is 0 Å². The third kappa shape index (κ3) is 10.9. The highest BCUT2D eigenvalue weighted by molar-refractivity contribution is 5.87. The molecule has 0 atom stereocenters. The summed E-state index contributed by atoms with van der Waals surface area (Å²) in [4.78, 5) is 21.9. The Morgan fingerprint density at radius 3 is 1.33 bits per heavy atom. The minimum Gasteiger partial charge on any atom is -0.462 e. The van der Waals surface area contributed by atoms with E-state index in [-0.39, 0.29) is 26.8 Å². The lowest BCUT2D eigenvalue weighted by Crippen LogP contribution is -2.09. The Balaban J connectivity index is -0.00000112. The molecule has 0 amide bonds. The second-order valence-electron chi connectivity index (χ2n) is 3.54. The second kappa shape index (κ2) is 11.9. The molecular formula is C14H26O4. The number of carbonyl (C=O) groups excluding carboxylic acids is 2. The number of esters is 2. The summed E-state index contributed by atoms with van der Waals surface area (Å²) in [6, 6.07) is 0. The van der Waals surface area contributed by atoms with Crippen molar-refractivity contribution in [1.82, 2.24) is 0 Å². The first-order chi connectivity index (χ1) is 7.45. The Labute approximate surface area is 111 Å². The average Bonchev–Trinajstić information content (AvgIpc) is 2.21. The predicted molar refractivity (Wildman–Crippen MR) is 74.2 cm³/mol. The van der Waals surface area contributed by atoms with Gasteiger partial charge in [-0.3, -0.25) is 0 Å².